The zero-order valence-electron chi connectivity index (χ0n) is 22.3. The van der Waals surface area contributed by atoms with Crippen molar-refractivity contribution >= 4 is 23.9 Å². The van der Waals surface area contributed by atoms with Crippen molar-refractivity contribution < 1.29 is 33.4 Å². The lowest BCUT2D eigenvalue weighted by Crippen LogP contribution is -2.38. The van der Waals surface area contributed by atoms with Crippen molar-refractivity contribution in [2.24, 2.45) is 5.41 Å². The minimum absolute atomic E-state index is 0.0175. The van der Waals surface area contributed by atoms with E-state index in [1.54, 1.807) is 38.3 Å². The molecule has 0 spiro atoms. The highest BCUT2D eigenvalue weighted by Gasteiger charge is 2.47. The number of aromatic nitrogens is 2. The molecule has 2 aromatic carbocycles. The molecule has 0 radical (unpaired) electrons. The van der Waals surface area contributed by atoms with Gasteiger partial charge in [0.05, 0.1) is 19.8 Å². The zero-order valence-corrected chi connectivity index (χ0v) is 23.1. The Hall–Kier alpha value is -3.47. The van der Waals surface area contributed by atoms with Gasteiger partial charge in [0.2, 0.25) is 5.82 Å². The smallest absolute Gasteiger partial charge is 0.320 e. The maximum absolute atomic E-state index is 12.3. The number of carbonyl (C=O) groups is 2. The number of esters is 1. The van der Waals surface area contributed by atoms with Gasteiger partial charge in [-0.25, -0.2) is 0 Å². The van der Waals surface area contributed by atoms with Crippen LogP contribution in [0.5, 0.6) is 11.5 Å². The van der Waals surface area contributed by atoms with Gasteiger partial charge in [0.1, 0.15) is 0 Å². The van der Waals surface area contributed by atoms with E-state index in [1.807, 2.05) is 30.0 Å². The summed E-state index contributed by atoms with van der Waals surface area (Å²) >= 11 is 5.95. The molecule has 1 saturated heterocycles. The average molecular weight is 558 g/mol. The molecule has 0 saturated carbocycles. The lowest BCUT2D eigenvalue weighted by molar-refractivity contribution is -0.151. The lowest BCUT2D eigenvalue weighted by Gasteiger charge is -2.34. The normalized spacial score (nSPS) is 20.8. The van der Waals surface area contributed by atoms with Gasteiger partial charge in [-0.2, -0.15) is 4.98 Å². The molecular weight excluding hydrogens is 526 g/mol. The molecule has 208 valence electrons. The van der Waals surface area contributed by atoms with Crippen LogP contribution in [0.25, 0.3) is 11.4 Å². The van der Waals surface area contributed by atoms with E-state index in [0.717, 1.165) is 11.1 Å². The molecule has 1 aliphatic heterocycles. The first kappa shape index (κ1) is 28.5. The van der Waals surface area contributed by atoms with Crippen molar-refractivity contribution in [3.05, 3.63) is 58.9 Å². The molecule has 10 nitrogen and oxygen atoms in total. The van der Waals surface area contributed by atoms with E-state index < -0.39 is 23.6 Å². The third-order valence-electron chi connectivity index (χ3n) is 7.13. The molecule has 0 amide bonds. The Labute approximate surface area is 231 Å². The van der Waals surface area contributed by atoms with E-state index in [1.165, 1.54) is 6.92 Å². The highest BCUT2D eigenvalue weighted by Crippen LogP contribution is 2.46. The van der Waals surface area contributed by atoms with Crippen molar-refractivity contribution in [2.45, 2.75) is 45.5 Å². The van der Waals surface area contributed by atoms with Crippen LogP contribution in [-0.2, 0) is 20.9 Å². The molecule has 1 fully saturated rings. The number of aldehydes is 1. The van der Waals surface area contributed by atoms with Gasteiger partial charge in [-0.1, -0.05) is 29.7 Å². The number of benzene rings is 2. The maximum atomic E-state index is 12.3. The van der Waals surface area contributed by atoms with Gasteiger partial charge >= 0.3 is 5.97 Å². The monoisotopic (exact) mass is 557 g/mol. The number of aliphatic hydroxyl groups excluding tert-OH is 1. The summed E-state index contributed by atoms with van der Waals surface area (Å²) < 4.78 is 22.0. The third-order valence-corrected chi connectivity index (χ3v) is 7.38. The Morgan fingerprint density at radius 3 is 2.67 bits per heavy atom. The van der Waals surface area contributed by atoms with Gasteiger partial charge in [-0.15, -0.1) is 0 Å². The largest absolute Gasteiger partial charge is 0.493 e. The Balaban J connectivity index is 1.51. The minimum Gasteiger partial charge on any atom is -0.493 e. The Bertz CT molecular complexity index is 1300. The first-order valence-corrected chi connectivity index (χ1v) is 12.9. The van der Waals surface area contributed by atoms with E-state index in [-0.39, 0.29) is 25.0 Å². The standard InChI is InChI=1S/C28H32ClN3O7/c1-17(14-33)38-26(35)13-32-12-22(28(3,16-32)18(2)34)20-7-10-23(36-4)24(11-20)37-15-25-30-27(31-39-25)19-5-8-21(29)9-6-19/h5-11,14,17-18,22,34H,12-13,15-16H2,1-4H3/t17-,18?,22?,28?/m0/s1. The summed E-state index contributed by atoms with van der Waals surface area (Å²) in [6.45, 7) is 6.27. The predicted octanol–water partition coefficient (Wildman–Crippen LogP) is 3.89. The Kier molecular flexibility index (Phi) is 8.89. The summed E-state index contributed by atoms with van der Waals surface area (Å²) in [5.74, 6) is 1.10. The third kappa shape index (κ3) is 6.58. The van der Waals surface area contributed by atoms with Crippen molar-refractivity contribution in [1.82, 2.24) is 15.0 Å². The number of carbonyl (C=O) groups excluding carboxylic acids is 2. The van der Waals surface area contributed by atoms with E-state index >= 15 is 0 Å². The van der Waals surface area contributed by atoms with Crippen LogP contribution in [-0.4, -0.2) is 71.4 Å². The molecule has 0 bridgehead atoms. The first-order valence-electron chi connectivity index (χ1n) is 12.6. The molecule has 4 atom stereocenters. The Morgan fingerprint density at radius 2 is 2.00 bits per heavy atom. The number of likely N-dealkylation sites (tertiary alicyclic amines) is 1. The quantitative estimate of drug-likeness (QED) is 0.274. The van der Waals surface area contributed by atoms with Crippen LogP contribution in [0.15, 0.2) is 47.0 Å². The second kappa shape index (κ2) is 12.1. The molecule has 1 aliphatic rings. The van der Waals surface area contributed by atoms with E-state index in [9.17, 15) is 14.7 Å². The topological polar surface area (TPSA) is 124 Å². The Morgan fingerprint density at radius 1 is 1.26 bits per heavy atom. The number of hydrogen-bond acceptors (Lipinski definition) is 10. The van der Waals surface area contributed by atoms with Gasteiger partial charge in [0.25, 0.3) is 5.89 Å². The van der Waals surface area contributed by atoms with Crippen LogP contribution in [0.2, 0.25) is 5.02 Å². The molecule has 3 aromatic rings. The minimum atomic E-state index is -0.804. The number of methoxy groups -OCH3 is 1. The molecule has 1 N–H and O–H groups in total. The number of ether oxygens (including phenoxy) is 3. The fourth-order valence-corrected chi connectivity index (χ4v) is 4.93. The summed E-state index contributed by atoms with van der Waals surface area (Å²) in [5, 5.41) is 15.4. The van der Waals surface area contributed by atoms with Crippen molar-refractivity contribution in [3.63, 3.8) is 0 Å². The predicted molar refractivity (Wildman–Crippen MR) is 143 cm³/mol. The zero-order chi connectivity index (χ0) is 28.2. The number of nitrogens with zero attached hydrogens (tertiary/aromatic N) is 3. The fourth-order valence-electron chi connectivity index (χ4n) is 4.80. The van der Waals surface area contributed by atoms with Crippen molar-refractivity contribution in [3.8, 4) is 22.9 Å². The van der Waals surface area contributed by atoms with Crippen molar-refractivity contribution in [1.29, 1.82) is 0 Å². The van der Waals surface area contributed by atoms with Gasteiger partial charge < -0.3 is 23.8 Å². The SMILES string of the molecule is COc1ccc(C2CN(CC(=O)O[C@@H](C)C=O)CC2(C)C(C)O)cc1OCc1nc(-c2ccc(Cl)cc2)no1. The molecule has 1 aromatic heterocycles. The highest BCUT2D eigenvalue weighted by atomic mass is 35.5. The number of hydrogen-bond donors (Lipinski definition) is 1. The number of halogens is 1. The van der Waals surface area contributed by atoms with Gasteiger partial charge in [0, 0.05) is 35.0 Å². The summed E-state index contributed by atoms with van der Waals surface area (Å²) in [5.41, 5.74) is 1.13. The van der Waals surface area contributed by atoms with Crippen LogP contribution < -0.4 is 9.47 Å². The van der Waals surface area contributed by atoms with Crippen LogP contribution in [0.3, 0.4) is 0 Å². The summed E-state index contributed by atoms with van der Waals surface area (Å²) in [6, 6.07) is 12.7. The maximum Gasteiger partial charge on any atom is 0.320 e. The van der Waals surface area contributed by atoms with Gasteiger partial charge in [-0.3, -0.25) is 14.5 Å². The van der Waals surface area contributed by atoms with Crippen LogP contribution >= 0.6 is 11.6 Å². The van der Waals surface area contributed by atoms with E-state index in [2.05, 4.69) is 10.1 Å². The molecular formula is C28H32ClN3O7. The summed E-state index contributed by atoms with van der Waals surface area (Å²) in [6.07, 6.45) is -0.883. The highest BCUT2D eigenvalue weighted by molar-refractivity contribution is 6.30. The fraction of sp³-hybridized carbons (Fsp3) is 0.429. The molecule has 11 heteroatoms. The molecule has 3 unspecified atom stereocenters. The van der Waals surface area contributed by atoms with Gasteiger partial charge in [-0.05, 0) is 55.8 Å². The van der Waals surface area contributed by atoms with E-state index in [4.69, 9.17) is 30.3 Å². The summed E-state index contributed by atoms with van der Waals surface area (Å²) in [4.78, 5) is 29.5. The second-order valence-electron chi connectivity index (χ2n) is 9.95. The molecule has 2 heterocycles. The van der Waals surface area contributed by atoms with Crippen molar-refractivity contribution in [2.75, 3.05) is 26.7 Å². The van der Waals surface area contributed by atoms with Crippen LogP contribution in [0, 0.1) is 5.41 Å². The number of aliphatic hydroxyl groups is 1. The van der Waals surface area contributed by atoms with E-state index in [0.29, 0.717) is 41.7 Å². The molecule has 4 rings (SSSR count). The second-order valence-corrected chi connectivity index (χ2v) is 10.4. The molecule has 39 heavy (non-hydrogen) atoms. The lowest BCUT2D eigenvalue weighted by atomic mass is 9.72. The average Bonchev–Trinajstić information content (AvgIpc) is 3.52. The first-order chi connectivity index (χ1) is 18.6. The molecule has 0 aliphatic carbocycles. The van der Waals surface area contributed by atoms with Crippen LogP contribution in [0.1, 0.15) is 38.1 Å². The van der Waals surface area contributed by atoms with Crippen LogP contribution in [0.4, 0.5) is 0 Å². The van der Waals surface area contributed by atoms with Gasteiger partial charge in [0.15, 0.2) is 30.5 Å². The number of rotatable bonds is 11. The summed E-state index contributed by atoms with van der Waals surface area (Å²) in [7, 11) is 1.55.